The van der Waals surface area contributed by atoms with Gasteiger partial charge in [0.15, 0.2) is 0 Å². The van der Waals surface area contributed by atoms with Gasteiger partial charge in [-0.2, -0.15) is 0 Å². The molecule has 2 aromatic rings. The lowest BCUT2D eigenvalue weighted by Gasteiger charge is -2.08. The number of nitro groups is 1. The number of nitrogens with zero attached hydrogens (tertiary/aromatic N) is 1. The van der Waals surface area contributed by atoms with Crippen LogP contribution in [0.25, 0.3) is 0 Å². The van der Waals surface area contributed by atoms with Crippen LogP contribution in [-0.2, 0) is 6.42 Å². The first kappa shape index (κ1) is 15.4. The fourth-order valence-corrected chi connectivity index (χ4v) is 2.25. The number of benzene rings is 2. The molecule has 0 aliphatic heterocycles. The molecule has 0 radical (unpaired) electrons. The molecule has 0 heterocycles. The topological polar surface area (TPSA) is 55.2 Å². The van der Waals surface area contributed by atoms with Gasteiger partial charge in [-0.05, 0) is 36.2 Å². The van der Waals surface area contributed by atoms with Gasteiger partial charge in [0.25, 0.3) is 5.69 Å². The van der Waals surface area contributed by atoms with E-state index < -0.39 is 16.6 Å². The lowest BCUT2D eigenvalue weighted by molar-refractivity contribution is -0.384. The molecule has 0 saturated heterocycles. The second kappa shape index (κ2) is 6.62. The monoisotopic (exact) mass is 356 g/mol. The summed E-state index contributed by atoms with van der Waals surface area (Å²) in [6, 6.07) is 7.92. The summed E-state index contributed by atoms with van der Waals surface area (Å²) in [5.41, 5.74) is 0.787. The van der Waals surface area contributed by atoms with Crippen molar-refractivity contribution in [1.29, 1.82) is 0 Å². The molecule has 0 amide bonds. The Hall–Kier alpha value is -2.02. The third-order valence-corrected chi connectivity index (χ3v) is 3.30. The molecule has 2 aromatic carbocycles. The molecule has 0 aliphatic rings. The van der Waals surface area contributed by atoms with Gasteiger partial charge in [-0.1, -0.05) is 15.9 Å². The molecule has 0 spiro atoms. The minimum Gasteiger partial charge on any atom is -0.379 e. The number of halogens is 3. The summed E-state index contributed by atoms with van der Waals surface area (Å²) in [6.45, 7) is 0.325. The van der Waals surface area contributed by atoms with E-state index in [9.17, 15) is 18.9 Å². The molecular weight excluding hydrogens is 346 g/mol. The molecule has 7 heteroatoms. The maximum atomic E-state index is 13.0. The number of nitro benzene ring substituents is 1. The minimum atomic E-state index is -0.639. The van der Waals surface area contributed by atoms with Gasteiger partial charge in [0.05, 0.1) is 4.92 Å². The van der Waals surface area contributed by atoms with Gasteiger partial charge in [-0.15, -0.1) is 0 Å². The van der Waals surface area contributed by atoms with Crippen molar-refractivity contribution in [2.75, 3.05) is 11.9 Å². The van der Waals surface area contributed by atoms with Crippen LogP contribution >= 0.6 is 15.9 Å². The molecule has 0 saturated carbocycles. The zero-order valence-electron chi connectivity index (χ0n) is 10.8. The minimum absolute atomic E-state index is 0.0604. The van der Waals surface area contributed by atoms with Crippen molar-refractivity contribution in [3.05, 3.63) is 68.2 Å². The van der Waals surface area contributed by atoms with Crippen LogP contribution in [0.1, 0.15) is 5.56 Å². The summed E-state index contributed by atoms with van der Waals surface area (Å²) in [7, 11) is 0. The van der Waals surface area contributed by atoms with E-state index in [1.54, 1.807) is 12.1 Å². The van der Waals surface area contributed by atoms with Crippen LogP contribution < -0.4 is 5.32 Å². The van der Waals surface area contributed by atoms with Crippen molar-refractivity contribution in [2.45, 2.75) is 6.42 Å². The van der Waals surface area contributed by atoms with Gasteiger partial charge in [0.1, 0.15) is 17.3 Å². The zero-order chi connectivity index (χ0) is 15.4. The smallest absolute Gasteiger partial charge is 0.293 e. The highest BCUT2D eigenvalue weighted by Crippen LogP contribution is 2.27. The van der Waals surface area contributed by atoms with E-state index in [4.69, 9.17) is 0 Å². The molecule has 0 unspecified atom stereocenters. The van der Waals surface area contributed by atoms with Gasteiger partial charge in [-0.3, -0.25) is 10.1 Å². The van der Waals surface area contributed by atoms with E-state index >= 15 is 0 Å². The first-order valence-electron chi connectivity index (χ1n) is 6.08. The number of hydrogen-bond donors (Lipinski definition) is 1. The highest BCUT2D eigenvalue weighted by molar-refractivity contribution is 9.10. The van der Waals surface area contributed by atoms with Crippen molar-refractivity contribution in [3.63, 3.8) is 0 Å². The second-order valence-electron chi connectivity index (χ2n) is 4.37. The summed E-state index contributed by atoms with van der Waals surface area (Å²) < 4.78 is 26.7. The summed E-state index contributed by atoms with van der Waals surface area (Å²) >= 11 is 3.17. The average Bonchev–Trinajstić information content (AvgIpc) is 2.39. The Bertz CT molecular complexity index is 660. The lowest BCUT2D eigenvalue weighted by Crippen LogP contribution is -2.07. The normalized spacial score (nSPS) is 10.4. The molecule has 0 atom stereocenters. The fourth-order valence-electron chi connectivity index (χ4n) is 1.90. The molecule has 110 valence electrons. The third-order valence-electron chi connectivity index (χ3n) is 2.81. The summed E-state index contributed by atoms with van der Waals surface area (Å²) in [5, 5.41) is 13.8. The number of anilines is 1. The van der Waals surface area contributed by atoms with Crippen LogP contribution in [0.4, 0.5) is 20.2 Å². The van der Waals surface area contributed by atoms with Crippen LogP contribution in [0.3, 0.4) is 0 Å². The molecule has 0 fully saturated rings. The van der Waals surface area contributed by atoms with Gasteiger partial charge >= 0.3 is 0 Å². The number of rotatable bonds is 5. The Morgan fingerprint density at radius 1 is 1.14 bits per heavy atom. The van der Waals surface area contributed by atoms with Crippen LogP contribution in [-0.4, -0.2) is 11.5 Å². The quantitative estimate of drug-likeness (QED) is 0.642. The zero-order valence-corrected chi connectivity index (χ0v) is 12.4. The van der Waals surface area contributed by atoms with E-state index in [0.29, 0.717) is 28.7 Å². The number of hydrogen-bond acceptors (Lipinski definition) is 3. The summed E-state index contributed by atoms with van der Waals surface area (Å²) in [5.74, 6) is -1.28. The van der Waals surface area contributed by atoms with Gasteiger partial charge < -0.3 is 5.32 Å². The standard InChI is InChI=1S/C14H11BrF2N2O2/c15-10-1-2-13(14(7-10)19(20)21)18-4-3-9-5-11(16)8-12(17)6-9/h1-2,5-8,18H,3-4H2. The Labute approximate surface area is 128 Å². The highest BCUT2D eigenvalue weighted by atomic mass is 79.9. The SMILES string of the molecule is O=[N+]([O-])c1cc(Br)ccc1NCCc1cc(F)cc(F)c1. The number of nitrogens with one attached hydrogen (secondary N) is 1. The van der Waals surface area contributed by atoms with E-state index in [-0.39, 0.29) is 5.69 Å². The first-order chi connectivity index (χ1) is 9.95. The molecule has 4 nitrogen and oxygen atoms in total. The molecule has 0 aliphatic carbocycles. The molecule has 2 rings (SSSR count). The van der Waals surface area contributed by atoms with Crippen molar-refractivity contribution in [2.24, 2.45) is 0 Å². The fraction of sp³-hybridized carbons (Fsp3) is 0.143. The summed E-state index contributed by atoms with van der Waals surface area (Å²) in [4.78, 5) is 10.5. The highest BCUT2D eigenvalue weighted by Gasteiger charge is 2.13. The van der Waals surface area contributed by atoms with Crippen LogP contribution in [0.15, 0.2) is 40.9 Å². The van der Waals surface area contributed by atoms with E-state index in [1.807, 2.05) is 0 Å². The van der Waals surface area contributed by atoms with Crippen molar-refractivity contribution < 1.29 is 13.7 Å². The molecule has 0 aromatic heterocycles. The Morgan fingerprint density at radius 2 is 1.81 bits per heavy atom. The predicted molar refractivity (Wildman–Crippen MR) is 79.3 cm³/mol. The van der Waals surface area contributed by atoms with Crippen LogP contribution in [0, 0.1) is 21.7 Å². The average molecular weight is 357 g/mol. The second-order valence-corrected chi connectivity index (χ2v) is 5.29. The Balaban J connectivity index is 2.05. The van der Waals surface area contributed by atoms with Gasteiger partial charge in [0, 0.05) is 23.2 Å². The lowest BCUT2D eigenvalue weighted by atomic mass is 10.1. The Kier molecular flexibility index (Phi) is 4.85. The molecular formula is C14H11BrF2N2O2. The van der Waals surface area contributed by atoms with Crippen LogP contribution in [0.2, 0.25) is 0 Å². The van der Waals surface area contributed by atoms with Crippen molar-refractivity contribution in [3.8, 4) is 0 Å². The van der Waals surface area contributed by atoms with Crippen molar-refractivity contribution >= 4 is 27.3 Å². The van der Waals surface area contributed by atoms with Crippen molar-refractivity contribution in [1.82, 2.24) is 0 Å². The first-order valence-corrected chi connectivity index (χ1v) is 6.88. The largest absolute Gasteiger partial charge is 0.379 e. The summed E-state index contributed by atoms with van der Waals surface area (Å²) in [6.07, 6.45) is 0.349. The van der Waals surface area contributed by atoms with E-state index in [1.165, 1.54) is 18.2 Å². The maximum Gasteiger partial charge on any atom is 0.293 e. The van der Waals surface area contributed by atoms with E-state index in [2.05, 4.69) is 21.2 Å². The van der Waals surface area contributed by atoms with E-state index in [0.717, 1.165) is 6.07 Å². The van der Waals surface area contributed by atoms with Crippen LogP contribution in [0.5, 0.6) is 0 Å². The van der Waals surface area contributed by atoms with Gasteiger partial charge in [0.2, 0.25) is 0 Å². The third kappa shape index (κ3) is 4.22. The Morgan fingerprint density at radius 3 is 2.43 bits per heavy atom. The van der Waals surface area contributed by atoms with Gasteiger partial charge in [-0.25, -0.2) is 8.78 Å². The molecule has 21 heavy (non-hydrogen) atoms. The predicted octanol–water partition coefficient (Wildman–Crippen LogP) is 4.29. The molecule has 1 N–H and O–H groups in total. The molecule has 0 bridgehead atoms. The maximum absolute atomic E-state index is 13.0.